The van der Waals surface area contributed by atoms with Crippen molar-refractivity contribution in [3.63, 3.8) is 0 Å². The number of aliphatic imine (C=N–C) groups is 1. The number of benzene rings is 2. The van der Waals surface area contributed by atoms with E-state index in [4.69, 9.17) is 11.5 Å². The van der Waals surface area contributed by atoms with E-state index in [0.29, 0.717) is 49.0 Å². The standard InChI is InChI=1S/C28H35N7O4S/c1-31-21(15-17-7-3-2-4-8-17)27(39)35-14-6-10-22(35)25(38)33-20(9-5-13-32-28(29)30)24(37)26-34-19-12-11-18(36)16-23(19)40-26/h2-4,7-8,11-12,16,20-22,31,36H,5-6,9-10,13-15H2,1H3,(H,33,38)(H4,29,30,32). The van der Waals surface area contributed by atoms with Crippen molar-refractivity contribution in [3.8, 4) is 5.75 Å². The molecular formula is C28H35N7O4S. The summed E-state index contributed by atoms with van der Waals surface area (Å²) in [5.41, 5.74) is 12.5. The first-order valence-electron chi connectivity index (χ1n) is 13.3. The summed E-state index contributed by atoms with van der Waals surface area (Å²) in [6.07, 6.45) is 2.44. The zero-order valence-corrected chi connectivity index (χ0v) is 23.2. The molecule has 0 bridgehead atoms. The van der Waals surface area contributed by atoms with Crippen LogP contribution in [-0.4, -0.2) is 76.8 Å². The van der Waals surface area contributed by atoms with Gasteiger partial charge in [0.25, 0.3) is 0 Å². The molecule has 3 aromatic rings. The molecule has 2 heterocycles. The third-order valence-electron chi connectivity index (χ3n) is 6.93. The number of aromatic nitrogens is 1. The number of carbonyl (C=O) groups is 3. The maximum Gasteiger partial charge on any atom is 0.243 e. The maximum absolute atomic E-state index is 13.5. The first kappa shape index (κ1) is 29.0. The van der Waals surface area contributed by atoms with Gasteiger partial charge in [0.15, 0.2) is 11.0 Å². The zero-order valence-electron chi connectivity index (χ0n) is 22.4. The summed E-state index contributed by atoms with van der Waals surface area (Å²) < 4.78 is 0.665. The highest BCUT2D eigenvalue weighted by Crippen LogP contribution is 2.27. The molecule has 1 fully saturated rings. The van der Waals surface area contributed by atoms with Gasteiger partial charge in [0, 0.05) is 13.1 Å². The lowest BCUT2D eigenvalue weighted by Crippen LogP contribution is -2.54. The largest absolute Gasteiger partial charge is 0.508 e. The molecule has 0 spiro atoms. The van der Waals surface area contributed by atoms with E-state index in [1.807, 2.05) is 30.3 Å². The Hall–Kier alpha value is -4.03. The fourth-order valence-corrected chi connectivity index (χ4v) is 5.87. The molecule has 212 valence electrons. The quantitative estimate of drug-likeness (QED) is 0.0951. The fourth-order valence-electron chi connectivity index (χ4n) is 4.87. The highest BCUT2D eigenvalue weighted by Gasteiger charge is 2.38. The average molecular weight is 566 g/mol. The number of guanidine groups is 1. The molecule has 0 saturated carbocycles. The smallest absolute Gasteiger partial charge is 0.243 e. The molecule has 7 N–H and O–H groups in total. The van der Waals surface area contributed by atoms with E-state index < -0.39 is 18.1 Å². The van der Waals surface area contributed by atoms with Gasteiger partial charge in [-0.3, -0.25) is 19.4 Å². The Morgan fingerprint density at radius 3 is 2.67 bits per heavy atom. The van der Waals surface area contributed by atoms with Crippen molar-refractivity contribution in [2.24, 2.45) is 16.5 Å². The Balaban J connectivity index is 1.49. The molecule has 11 nitrogen and oxygen atoms in total. The van der Waals surface area contributed by atoms with Crippen LogP contribution >= 0.6 is 11.3 Å². The number of nitrogens with zero attached hydrogens (tertiary/aromatic N) is 3. The molecule has 1 aliphatic rings. The number of phenolic OH excluding ortho intramolecular Hbond substituents is 1. The van der Waals surface area contributed by atoms with Crippen LogP contribution in [0.15, 0.2) is 53.5 Å². The number of amides is 2. The van der Waals surface area contributed by atoms with E-state index in [2.05, 4.69) is 20.6 Å². The Kier molecular flexibility index (Phi) is 9.67. The van der Waals surface area contributed by atoms with Crippen LogP contribution in [0.4, 0.5) is 0 Å². The Bertz CT molecular complexity index is 1370. The predicted octanol–water partition coefficient (Wildman–Crippen LogP) is 1.54. The summed E-state index contributed by atoms with van der Waals surface area (Å²) in [4.78, 5) is 50.6. The fraction of sp³-hybridized carbons (Fsp3) is 0.393. The van der Waals surface area contributed by atoms with Crippen LogP contribution in [0.5, 0.6) is 5.75 Å². The molecule has 1 aliphatic heterocycles. The maximum atomic E-state index is 13.5. The summed E-state index contributed by atoms with van der Waals surface area (Å²) in [6.45, 7) is 0.765. The number of Topliss-reactive ketones (excluding diaryl/α,β-unsaturated/α-hetero) is 1. The molecule has 40 heavy (non-hydrogen) atoms. The minimum absolute atomic E-state index is 0.0485. The Morgan fingerprint density at radius 2 is 1.95 bits per heavy atom. The van der Waals surface area contributed by atoms with E-state index in [9.17, 15) is 19.5 Å². The van der Waals surface area contributed by atoms with Gasteiger partial charge in [0.05, 0.1) is 22.3 Å². The van der Waals surface area contributed by atoms with Gasteiger partial charge in [-0.25, -0.2) is 4.98 Å². The molecule has 0 aliphatic carbocycles. The first-order valence-corrected chi connectivity index (χ1v) is 14.1. The molecular weight excluding hydrogens is 530 g/mol. The van der Waals surface area contributed by atoms with Gasteiger partial charge in [-0.1, -0.05) is 30.3 Å². The lowest BCUT2D eigenvalue weighted by Gasteiger charge is -2.29. The number of fused-ring (bicyclic) bond motifs is 1. The highest BCUT2D eigenvalue weighted by molar-refractivity contribution is 7.20. The zero-order chi connectivity index (χ0) is 28.6. The number of nitrogens with two attached hydrogens (primary N) is 2. The summed E-state index contributed by atoms with van der Waals surface area (Å²) in [5, 5.41) is 16.0. The van der Waals surface area contributed by atoms with Crippen molar-refractivity contribution in [2.75, 3.05) is 20.1 Å². The van der Waals surface area contributed by atoms with Gasteiger partial charge >= 0.3 is 0 Å². The Labute approximate surface area is 236 Å². The number of nitrogens with one attached hydrogen (secondary N) is 2. The van der Waals surface area contributed by atoms with Gasteiger partial charge in [-0.15, -0.1) is 11.3 Å². The minimum atomic E-state index is -0.877. The van der Waals surface area contributed by atoms with Gasteiger partial charge in [-0.2, -0.15) is 0 Å². The van der Waals surface area contributed by atoms with E-state index in [0.717, 1.165) is 16.9 Å². The number of ketones is 1. The van der Waals surface area contributed by atoms with Crippen molar-refractivity contribution in [3.05, 3.63) is 59.1 Å². The van der Waals surface area contributed by atoms with Crippen molar-refractivity contribution in [1.82, 2.24) is 20.5 Å². The SMILES string of the molecule is CNC(Cc1ccccc1)C(=O)N1CCCC1C(=O)NC(CCCN=C(N)N)C(=O)c1nc2ccc(O)cc2s1. The normalized spacial score (nSPS) is 16.4. The minimum Gasteiger partial charge on any atom is -0.508 e. The molecule has 12 heteroatoms. The van der Waals surface area contributed by atoms with E-state index in [-0.39, 0.29) is 40.7 Å². The van der Waals surface area contributed by atoms with E-state index in [1.54, 1.807) is 24.1 Å². The molecule has 1 aromatic heterocycles. The monoisotopic (exact) mass is 565 g/mol. The summed E-state index contributed by atoms with van der Waals surface area (Å²) in [5.74, 6) is -0.834. The first-order chi connectivity index (χ1) is 19.3. The van der Waals surface area contributed by atoms with Crippen molar-refractivity contribution in [2.45, 2.75) is 50.2 Å². The number of aromatic hydroxyl groups is 1. The highest BCUT2D eigenvalue weighted by atomic mass is 32.1. The third kappa shape index (κ3) is 7.13. The lowest BCUT2D eigenvalue weighted by molar-refractivity contribution is -0.140. The molecule has 3 atom stereocenters. The number of rotatable bonds is 12. The number of carbonyl (C=O) groups excluding carboxylic acids is 3. The van der Waals surface area contributed by atoms with Crippen molar-refractivity contribution < 1.29 is 19.5 Å². The number of hydrogen-bond donors (Lipinski definition) is 5. The topological polar surface area (TPSA) is 176 Å². The molecule has 0 radical (unpaired) electrons. The Morgan fingerprint density at radius 1 is 1.18 bits per heavy atom. The second-order valence-electron chi connectivity index (χ2n) is 9.77. The number of thiazole rings is 1. The van der Waals surface area contributed by atoms with Crippen molar-refractivity contribution >= 4 is 45.1 Å². The van der Waals surface area contributed by atoms with Crippen LogP contribution in [0.2, 0.25) is 0 Å². The second-order valence-corrected chi connectivity index (χ2v) is 10.8. The molecule has 2 amide bonds. The van der Waals surface area contributed by atoms with Crippen LogP contribution in [0.3, 0.4) is 0 Å². The third-order valence-corrected chi connectivity index (χ3v) is 7.96. The van der Waals surface area contributed by atoms with Gasteiger partial charge in [0.2, 0.25) is 17.6 Å². The van der Waals surface area contributed by atoms with Crippen molar-refractivity contribution in [1.29, 1.82) is 0 Å². The second kappa shape index (κ2) is 13.4. The van der Waals surface area contributed by atoms with Gasteiger partial charge in [0.1, 0.15) is 11.8 Å². The van der Waals surface area contributed by atoms with Crippen LogP contribution in [0.1, 0.15) is 41.0 Å². The summed E-state index contributed by atoms with van der Waals surface area (Å²) in [6, 6.07) is 12.4. The number of phenols is 1. The molecule has 2 aromatic carbocycles. The lowest BCUT2D eigenvalue weighted by atomic mass is 10.0. The van der Waals surface area contributed by atoms with Crippen LogP contribution in [0, 0.1) is 0 Å². The van der Waals surface area contributed by atoms with Gasteiger partial charge < -0.3 is 32.1 Å². The summed E-state index contributed by atoms with van der Waals surface area (Å²) in [7, 11) is 1.74. The number of likely N-dealkylation sites (N-methyl/N-ethyl adjacent to an activating group) is 1. The molecule has 3 unspecified atom stereocenters. The number of likely N-dealkylation sites (tertiary alicyclic amines) is 1. The van der Waals surface area contributed by atoms with E-state index in [1.165, 1.54) is 6.07 Å². The summed E-state index contributed by atoms with van der Waals surface area (Å²) >= 11 is 1.15. The van der Waals surface area contributed by atoms with Gasteiger partial charge in [-0.05, 0) is 62.9 Å². The molecule has 4 rings (SSSR count). The van der Waals surface area contributed by atoms with Crippen LogP contribution < -0.4 is 22.1 Å². The van der Waals surface area contributed by atoms with Crippen LogP contribution in [0.25, 0.3) is 10.2 Å². The molecule has 1 saturated heterocycles. The van der Waals surface area contributed by atoms with Crippen LogP contribution in [-0.2, 0) is 16.0 Å². The predicted molar refractivity (Wildman–Crippen MR) is 155 cm³/mol. The number of hydrogen-bond acceptors (Lipinski definition) is 8. The average Bonchev–Trinajstić information content (AvgIpc) is 3.60. The van der Waals surface area contributed by atoms with E-state index >= 15 is 0 Å².